The van der Waals surface area contributed by atoms with Gasteiger partial charge in [0.2, 0.25) is 0 Å². The SMILES string of the molecule is Cc1cc(C[C@@H](O)CO)cnc1N1CCNC(C)C1. The topological polar surface area (TPSA) is 68.6 Å². The van der Waals surface area contributed by atoms with Gasteiger partial charge in [-0.25, -0.2) is 4.98 Å². The lowest BCUT2D eigenvalue weighted by molar-refractivity contribution is 0.0954. The number of nitrogens with one attached hydrogen (secondary N) is 1. The molecule has 0 aliphatic carbocycles. The fourth-order valence-corrected chi connectivity index (χ4v) is 2.53. The molecule has 2 atom stereocenters. The number of anilines is 1. The Morgan fingerprint density at radius 1 is 1.58 bits per heavy atom. The van der Waals surface area contributed by atoms with Gasteiger partial charge in [-0.05, 0) is 25.0 Å². The van der Waals surface area contributed by atoms with E-state index >= 15 is 0 Å². The van der Waals surface area contributed by atoms with E-state index < -0.39 is 6.10 Å². The summed E-state index contributed by atoms with van der Waals surface area (Å²) in [6.07, 6.45) is 1.54. The maximum absolute atomic E-state index is 9.46. The number of rotatable bonds is 4. The molecule has 2 rings (SSSR count). The van der Waals surface area contributed by atoms with E-state index in [2.05, 4.69) is 22.1 Å². The van der Waals surface area contributed by atoms with Crippen molar-refractivity contribution in [1.82, 2.24) is 10.3 Å². The molecule has 1 fully saturated rings. The van der Waals surface area contributed by atoms with Crippen LogP contribution in [0.2, 0.25) is 0 Å². The summed E-state index contributed by atoms with van der Waals surface area (Å²) in [6.45, 7) is 6.92. The van der Waals surface area contributed by atoms with Gasteiger partial charge in [-0.2, -0.15) is 0 Å². The van der Waals surface area contributed by atoms with Crippen LogP contribution in [-0.4, -0.2) is 53.6 Å². The van der Waals surface area contributed by atoms with Crippen LogP contribution in [0.5, 0.6) is 0 Å². The molecule has 0 spiro atoms. The lowest BCUT2D eigenvalue weighted by Gasteiger charge is -2.33. The van der Waals surface area contributed by atoms with E-state index in [1.807, 2.05) is 13.0 Å². The van der Waals surface area contributed by atoms with Crippen molar-refractivity contribution < 1.29 is 10.2 Å². The van der Waals surface area contributed by atoms with Gasteiger partial charge < -0.3 is 20.4 Å². The van der Waals surface area contributed by atoms with Gasteiger partial charge >= 0.3 is 0 Å². The van der Waals surface area contributed by atoms with Crippen LogP contribution in [0, 0.1) is 6.92 Å². The smallest absolute Gasteiger partial charge is 0.131 e. The summed E-state index contributed by atoms with van der Waals surface area (Å²) in [5.41, 5.74) is 2.09. The summed E-state index contributed by atoms with van der Waals surface area (Å²) in [7, 11) is 0. The minimum atomic E-state index is -0.703. The molecule has 3 N–H and O–H groups in total. The Labute approximate surface area is 114 Å². The Kier molecular flexibility index (Phi) is 4.74. The summed E-state index contributed by atoms with van der Waals surface area (Å²) < 4.78 is 0. The average Bonchev–Trinajstić information content (AvgIpc) is 2.38. The number of aromatic nitrogens is 1. The molecule has 5 heteroatoms. The van der Waals surface area contributed by atoms with Crippen molar-refractivity contribution in [2.45, 2.75) is 32.4 Å². The predicted octanol–water partition coefficient (Wildman–Crippen LogP) is 0.0838. The third-order valence-corrected chi connectivity index (χ3v) is 3.46. The Morgan fingerprint density at radius 3 is 3.00 bits per heavy atom. The van der Waals surface area contributed by atoms with E-state index in [9.17, 15) is 5.11 Å². The molecule has 2 heterocycles. The van der Waals surface area contributed by atoms with Crippen molar-refractivity contribution in [2.75, 3.05) is 31.1 Å². The van der Waals surface area contributed by atoms with Crippen molar-refractivity contribution in [3.63, 3.8) is 0 Å². The largest absolute Gasteiger partial charge is 0.394 e. The average molecular weight is 265 g/mol. The summed E-state index contributed by atoms with van der Waals surface area (Å²) in [4.78, 5) is 6.82. The van der Waals surface area contributed by atoms with Gasteiger partial charge in [-0.15, -0.1) is 0 Å². The number of aliphatic hydroxyl groups excluding tert-OH is 2. The maximum Gasteiger partial charge on any atom is 0.131 e. The van der Waals surface area contributed by atoms with Gasteiger partial charge in [0.1, 0.15) is 5.82 Å². The van der Waals surface area contributed by atoms with Crippen molar-refractivity contribution in [3.05, 3.63) is 23.4 Å². The second kappa shape index (κ2) is 6.32. The van der Waals surface area contributed by atoms with Crippen LogP contribution in [0.1, 0.15) is 18.1 Å². The highest BCUT2D eigenvalue weighted by Gasteiger charge is 2.18. The van der Waals surface area contributed by atoms with Crippen molar-refractivity contribution in [3.8, 4) is 0 Å². The molecule has 1 aromatic heterocycles. The molecule has 0 bridgehead atoms. The highest BCUT2D eigenvalue weighted by Crippen LogP contribution is 2.20. The number of aliphatic hydroxyl groups is 2. The number of nitrogens with zero attached hydrogens (tertiary/aromatic N) is 2. The molecule has 5 nitrogen and oxygen atoms in total. The number of hydrogen-bond donors (Lipinski definition) is 3. The third kappa shape index (κ3) is 3.65. The van der Waals surface area contributed by atoms with E-state index in [-0.39, 0.29) is 6.61 Å². The number of pyridine rings is 1. The Balaban J connectivity index is 2.10. The molecular formula is C14H23N3O2. The zero-order valence-corrected chi connectivity index (χ0v) is 11.6. The van der Waals surface area contributed by atoms with Crippen LogP contribution in [0.25, 0.3) is 0 Å². The highest BCUT2D eigenvalue weighted by atomic mass is 16.3. The standard InChI is InChI=1S/C14H23N3O2/c1-10-5-12(6-13(19)9-18)7-16-14(10)17-4-3-15-11(2)8-17/h5,7,11,13,15,18-19H,3-4,6,8-9H2,1-2H3/t11?,13-/m1/s1. The van der Waals surface area contributed by atoms with E-state index in [1.54, 1.807) is 6.20 Å². The second-order valence-corrected chi connectivity index (χ2v) is 5.33. The van der Waals surface area contributed by atoms with Gasteiger partial charge in [0, 0.05) is 38.3 Å². The molecule has 0 saturated carbocycles. The van der Waals surface area contributed by atoms with Gasteiger partial charge in [-0.3, -0.25) is 0 Å². The lowest BCUT2D eigenvalue weighted by atomic mass is 10.1. The molecule has 1 saturated heterocycles. The van der Waals surface area contributed by atoms with E-state index in [0.29, 0.717) is 12.5 Å². The predicted molar refractivity (Wildman–Crippen MR) is 75.4 cm³/mol. The van der Waals surface area contributed by atoms with Crippen LogP contribution >= 0.6 is 0 Å². The summed E-state index contributed by atoms with van der Waals surface area (Å²) in [5, 5.41) is 21.7. The van der Waals surface area contributed by atoms with Gasteiger partial charge in [0.25, 0.3) is 0 Å². The van der Waals surface area contributed by atoms with Crippen LogP contribution in [0.3, 0.4) is 0 Å². The van der Waals surface area contributed by atoms with Crippen LogP contribution in [0.15, 0.2) is 12.3 Å². The molecule has 0 amide bonds. The van der Waals surface area contributed by atoms with E-state index in [0.717, 1.165) is 36.6 Å². The Hall–Kier alpha value is -1.17. The monoisotopic (exact) mass is 265 g/mol. The van der Waals surface area contributed by atoms with E-state index in [1.165, 1.54) is 0 Å². The van der Waals surface area contributed by atoms with Crippen LogP contribution < -0.4 is 10.2 Å². The quantitative estimate of drug-likeness (QED) is 0.719. The molecule has 1 aliphatic heterocycles. The van der Waals surface area contributed by atoms with Gasteiger partial charge in [0.15, 0.2) is 0 Å². The number of piperazine rings is 1. The molecule has 1 aliphatic rings. The molecule has 0 aromatic carbocycles. The molecule has 1 aromatic rings. The van der Waals surface area contributed by atoms with Crippen molar-refractivity contribution in [1.29, 1.82) is 0 Å². The molecule has 1 unspecified atom stereocenters. The summed E-state index contributed by atoms with van der Waals surface area (Å²) in [6, 6.07) is 2.53. The number of aryl methyl sites for hydroxylation is 1. The van der Waals surface area contributed by atoms with E-state index in [4.69, 9.17) is 5.11 Å². The highest BCUT2D eigenvalue weighted by molar-refractivity contribution is 5.48. The van der Waals surface area contributed by atoms with Gasteiger partial charge in [-0.1, -0.05) is 6.07 Å². The first-order chi connectivity index (χ1) is 9.10. The van der Waals surface area contributed by atoms with Gasteiger partial charge in [0.05, 0.1) is 12.7 Å². The minimum absolute atomic E-state index is 0.212. The fourth-order valence-electron chi connectivity index (χ4n) is 2.53. The first kappa shape index (κ1) is 14.2. The molecule has 0 radical (unpaired) electrons. The maximum atomic E-state index is 9.46. The number of hydrogen-bond acceptors (Lipinski definition) is 5. The summed E-state index contributed by atoms with van der Waals surface area (Å²) in [5.74, 6) is 1.02. The van der Waals surface area contributed by atoms with Crippen LogP contribution in [0.4, 0.5) is 5.82 Å². The zero-order chi connectivity index (χ0) is 13.8. The molecule has 19 heavy (non-hydrogen) atoms. The third-order valence-electron chi connectivity index (χ3n) is 3.46. The molecular weight excluding hydrogens is 242 g/mol. The Morgan fingerprint density at radius 2 is 2.37 bits per heavy atom. The van der Waals surface area contributed by atoms with Crippen LogP contribution in [-0.2, 0) is 6.42 Å². The fraction of sp³-hybridized carbons (Fsp3) is 0.643. The first-order valence-electron chi connectivity index (χ1n) is 6.83. The second-order valence-electron chi connectivity index (χ2n) is 5.33. The zero-order valence-electron chi connectivity index (χ0n) is 11.6. The normalized spacial score (nSPS) is 21.5. The minimum Gasteiger partial charge on any atom is -0.394 e. The molecule has 106 valence electrons. The van der Waals surface area contributed by atoms with Crippen molar-refractivity contribution >= 4 is 5.82 Å². The summed E-state index contributed by atoms with van der Waals surface area (Å²) >= 11 is 0. The first-order valence-corrected chi connectivity index (χ1v) is 6.83. The Bertz CT molecular complexity index is 425. The van der Waals surface area contributed by atoms with Crippen molar-refractivity contribution in [2.24, 2.45) is 0 Å². The lowest BCUT2D eigenvalue weighted by Crippen LogP contribution is -2.49.